The van der Waals surface area contributed by atoms with E-state index in [4.69, 9.17) is 4.74 Å². The summed E-state index contributed by atoms with van der Waals surface area (Å²) >= 11 is 3.53. The molecule has 2 aromatic rings. The molecule has 2 heterocycles. The number of halogens is 1. The zero-order chi connectivity index (χ0) is 20.8. The van der Waals surface area contributed by atoms with Gasteiger partial charge in [-0.15, -0.1) is 0 Å². The molecule has 1 unspecified atom stereocenters. The molecule has 2 aromatic carbocycles. The Labute approximate surface area is 187 Å². The van der Waals surface area contributed by atoms with Crippen molar-refractivity contribution in [2.75, 3.05) is 52.4 Å². The summed E-state index contributed by atoms with van der Waals surface area (Å²) in [6.45, 7) is 8.08. The molecule has 0 bridgehead atoms. The van der Waals surface area contributed by atoms with Crippen molar-refractivity contribution < 1.29 is 9.53 Å². The van der Waals surface area contributed by atoms with E-state index in [0.29, 0.717) is 5.75 Å². The molecule has 0 radical (unpaired) electrons. The van der Waals surface area contributed by atoms with Gasteiger partial charge in [0.2, 0.25) is 6.10 Å². The number of nitrogens with zero attached hydrogens (tertiary/aromatic N) is 3. The van der Waals surface area contributed by atoms with E-state index >= 15 is 0 Å². The number of likely N-dealkylation sites (tertiary alicyclic amines) is 1. The van der Waals surface area contributed by atoms with Crippen molar-refractivity contribution in [3.05, 3.63) is 64.6 Å². The van der Waals surface area contributed by atoms with Crippen molar-refractivity contribution in [1.29, 1.82) is 0 Å². The summed E-state index contributed by atoms with van der Waals surface area (Å²) in [5.41, 5.74) is 0.884. The van der Waals surface area contributed by atoms with E-state index in [2.05, 4.69) is 25.7 Å². The fourth-order valence-electron chi connectivity index (χ4n) is 4.20. The van der Waals surface area contributed by atoms with Crippen molar-refractivity contribution in [2.45, 2.75) is 18.9 Å². The molecule has 0 aromatic heterocycles. The van der Waals surface area contributed by atoms with Gasteiger partial charge in [-0.25, -0.2) is 0 Å². The van der Waals surface area contributed by atoms with Gasteiger partial charge in [-0.2, -0.15) is 0 Å². The summed E-state index contributed by atoms with van der Waals surface area (Å²) in [7, 11) is 0. The van der Waals surface area contributed by atoms with Gasteiger partial charge in [0.1, 0.15) is 5.75 Å². The minimum Gasteiger partial charge on any atom is -0.475 e. The number of amides is 1. The molecule has 0 spiro atoms. The van der Waals surface area contributed by atoms with Crippen LogP contribution in [0.3, 0.4) is 0 Å². The second kappa shape index (κ2) is 10.4. The third-order valence-corrected chi connectivity index (χ3v) is 6.68. The van der Waals surface area contributed by atoms with Gasteiger partial charge in [0.05, 0.1) is 4.47 Å². The first-order valence-corrected chi connectivity index (χ1v) is 11.7. The molecule has 2 fully saturated rings. The summed E-state index contributed by atoms with van der Waals surface area (Å²) < 4.78 is 7.08. The van der Waals surface area contributed by atoms with Crippen LogP contribution >= 0.6 is 15.9 Å². The lowest BCUT2D eigenvalue weighted by Crippen LogP contribution is -2.51. The molecule has 0 saturated carbocycles. The topological polar surface area (TPSA) is 36.0 Å². The van der Waals surface area contributed by atoms with Gasteiger partial charge >= 0.3 is 0 Å². The molecular weight excluding hydrogens is 442 g/mol. The molecule has 30 heavy (non-hydrogen) atoms. The molecule has 2 saturated heterocycles. The molecule has 1 amide bonds. The monoisotopic (exact) mass is 471 g/mol. The highest BCUT2D eigenvalue weighted by Gasteiger charge is 2.30. The maximum atomic E-state index is 13.4. The van der Waals surface area contributed by atoms with Gasteiger partial charge in [0.25, 0.3) is 5.91 Å². The van der Waals surface area contributed by atoms with Crippen molar-refractivity contribution in [2.24, 2.45) is 0 Å². The first kappa shape index (κ1) is 21.3. The van der Waals surface area contributed by atoms with Gasteiger partial charge < -0.3 is 14.5 Å². The van der Waals surface area contributed by atoms with Crippen LogP contribution < -0.4 is 4.74 Å². The van der Waals surface area contributed by atoms with Crippen molar-refractivity contribution in [3.8, 4) is 5.75 Å². The van der Waals surface area contributed by atoms with Crippen LogP contribution in [-0.2, 0) is 4.79 Å². The Hall–Kier alpha value is -1.89. The Kier molecular flexibility index (Phi) is 7.42. The van der Waals surface area contributed by atoms with Gasteiger partial charge in [-0.3, -0.25) is 9.69 Å². The van der Waals surface area contributed by atoms with Crippen LogP contribution in [0.1, 0.15) is 24.5 Å². The Morgan fingerprint density at radius 3 is 2.10 bits per heavy atom. The van der Waals surface area contributed by atoms with Crippen molar-refractivity contribution in [3.63, 3.8) is 0 Å². The molecule has 160 valence electrons. The lowest BCUT2D eigenvalue weighted by molar-refractivity contribution is -0.140. The second-order valence-electron chi connectivity index (χ2n) is 8.05. The highest BCUT2D eigenvalue weighted by Crippen LogP contribution is 2.30. The number of rotatable bonds is 7. The van der Waals surface area contributed by atoms with Gasteiger partial charge in [0.15, 0.2) is 0 Å². The SMILES string of the molecule is O=C(C(Oc1ccccc1Br)c1ccccc1)N1CCN(CCN2CCCC2)CC1. The average molecular weight is 472 g/mol. The quantitative estimate of drug-likeness (QED) is 0.614. The molecule has 2 aliphatic rings. The number of ether oxygens (including phenoxy) is 1. The van der Waals surface area contributed by atoms with Gasteiger partial charge in [-0.1, -0.05) is 42.5 Å². The van der Waals surface area contributed by atoms with Crippen LogP contribution in [-0.4, -0.2) is 73.0 Å². The van der Waals surface area contributed by atoms with Crippen LogP contribution in [0, 0.1) is 0 Å². The van der Waals surface area contributed by atoms with E-state index in [1.807, 2.05) is 59.5 Å². The first-order chi connectivity index (χ1) is 14.7. The summed E-state index contributed by atoms with van der Waals surface area (Å²) in [4.78, 5) is 20.4. The molecule has 4 rings (SSSR count). The number of carbonyl (C=O) groups is 1. The molecule has 0 aliphatic carbocycles. The van der Waals surface area contributed by atoms with Crippen LogP contribution in [0.25, 0.3) is 0 Å². The second-order valence-corrected chi connectivity index (χ2v) is 8.91. The summed E-state index contributed by atoms with van der Waals surface area (Å²) in [5.74, 6) is 0.722. The zero-order valence-electron chi connectivity index (χ0n) is 17.4. The molecule has 1 atom stereocenters. The molecular formula is C24H30BrN3O2. The van der Waals surface area contributed by atoms with Crippen LogP contribution in [0.2, 0.25) is 0 Å². The van der Waals surface area contributed by atoms with Crippen LogP contribution in [0.4, 0.5) is 0 Å². The highest BCUT2D eigenvalue weighted by molar-refractivity contribution is 9.10. The van der Waals surface area contributed by atoms with Gasteiger partial charge in [0, 0.05) is 44.8 Å². The Morgan fingerprint density at radius 2 is 1.43 bits per heavy atom. The molecule has 5 nitrogen and oxygen atoms in total. The third-order valence-electron chi connectivity index (χ3n) is 6.02. The number of para-hydroxylation sites is 1. The normalized spacial score (nSPS) is 19.0. The average Bonchev–Trinajstić information content (AvgIpc) is 3.31. The number of benzene rings is 2. The van der Waals surface area contributed by atoms with E-state index < -0.39 is 6.10 Å². The summed E-state index contributed by atoms with van der Waals surface area (Å²) in [6, 6.07) is 17.5. The molecule has 6 heteroatoms. The lowest BCUT2D eigenvalue weighted by atomic mass is 10.1. The Balaban J connectivity index is 1.39. The highest BCUT2D eigenvalue weighted by atomic mass is 79.9. The Morgan fingerprint density at radius 1 is 0.833 bits per heavy atom. The minimum absolute atomic E-state index is 0.0381. The standard InChI is InChI=1S/C24H30BrN3O2/c25-21-10-4-5-11-22(21)30-23(20-8-2-1-3-9-20)24(29)28-18-16-27(17-19-28)15-14-26-12-6-7-13-26/h1-5,8-11,23H,6-7,12-19H2. The fourth-order valence-corrected chi connectivity index (χ4v) is 4.58. The van der Waals surface area contributed by atoms with Gasteiger partial charge in [-0.05, 0) is 54.0 Å². The number of hydrogen-bond acceptors (Lipinski definition) is 4. The molecule has 0 N–H and O–H groups in total. The maximum absolute atomic E-state index is 13.4. The van der Waals surface area contributed by atoms with Crippen molar-refractivity contribution in [1.82, 2.24) is 14.7 Å². The fraction of sp³-hybridized carbons (Fsp3) is 0.458. The Bertz CT molecular complexity index is 818. The smallest absolute Gasteiger partial charge is 0.268 e. The largest absolute Gasteiger partial charge is 0.475 e. The van der Waals surface area contributed by atoms with E-state index in [-0.39, 0.29) is 5.91 Å². The first-order valence-electron chi connectivity index (χ1n) is 10.9. The van der Waals surface area contributed by atoms with E-state index in [0.717, 1.165) is 49.3 Å². The number of piperazine rings is 1. The predicted octanol–water partition coefficient (Wildman–Crippen LogP) is 3.81. The van der Waals surface area contributed by atoms with Crippen LogP contribution in [0.15, 0.2) is 59.1 Å². The van der Waals surface area contributed by atoms with E-state index in [1.54, 1.807) is 0 Å². The van der Waals surface area contributed by atoms with Crippen molar-refractivity contribution >= 4 is 21.8 Å². The van der Waals surface area contributed by atoms with E-state index in [1.165, 1.54) is 25.9 Å². The lowest BCUT2D eigenvalue weighted by Gasteiger charge is -2.37. The van der Waals surface area contributed by atoms with Crippen LogP contribution in [0.5, 0.6) is 5.75 Å². The third kappa shape index (κ3) is 5.42. The van der Waals surface area contributed by atoms with E-state index in [9.17, 15) is 4.79 Å². The zero-order valence-corrected chi connectivity index (χ0v) is 19.0. The number of carbonyl (C=O) groups excluding carboxylic acids is 1. The molecule has 2 aliphatic heterocycles. The predicted molar refractivity (Wildman–Crippen MR) is 123 cm³/mol. The number of hydrogen-bond donors (Lipinski definition) is 0. The summed E-state index contributed by atoms with van der Waals surface area (Å²) in [6.07, 6.45) is 2.03. The maximum Gasteiger partial charge on any atom is 0.268 e. The summed E-state index contributed by atoms with van der Waals surface area (Å²) in [5, 5.41) is 0. The minimum atomic E-state index is -0.638.